The van der Waals surface area contributed by atoms with Crippen molar-refractivity contribution < 1.29 is 4.74 Å². The van der Waals surface area contributed by atoms with Gasteiger partial charge in [0.25, 0.3) is 6.02 Å². The van der Waals surface area contributed by atoms with Crippen LogP contribution in [0.5, 0.6) is 0 Å². The minimum absolute atomic E-state index is 0.690. The molecule has 0 atom stereocenters. The first kappa shape index (κ1) is 11.1. The summed E-state index contributed by atoms with van der Waals surface area (Å²) in [6.45, 7) is 2.33. The first-order valence-corrected chi connectivity index (χ1v) is 6.31. The lowest BCUT2D eigenvalue weighted by Gasteiger charge is -2.08. The van der Waals surface area contributed by atoms with Crippen molar-refractivity contribution in [3.63, 3.8) is 0 Å². The molecule has 0 bridgehead atoms. The first-order valence-electron chi connectivity index (χ1n) is 6.31. The van der Waals surface area contributed by atoms with Crippen LogP contribution in [0.4, 0.5) is 0 Å². The van der Waals surface area contributed by atoms with Crippen LogP contribution in [-0.2, 0) is 11.2 Å². The highest BCUT2D eigenvalue weighted by atomic mass is 16.5. The molecule has 0 aromatic heterocycles. The van der Waals surface area contributed by atoms with Crippen molar-refractivity contribution in [1.29, 1.82) is 0 Å². The SMILES string of the molecule is c1ccc2c(CCNC3=NCCO3)cccc2c1. The molecule has 18 heavy (non-hydrogen) atoms. The van der Waals surface area contributed by atoms with E-state index in [1.54, 1.807) is 0 Å². The van der Waals surface area contributed by atoms with E-state index in [1.165, 1.54) is 16.3 Å². The van der Waals surface area contributed by atoms with Gasteiger partial charge >= 0.3 is 0 Å². The maximum atomic E-state index is 5.32. The molecule has 0 unspecified atom stereocenters. The molecule has 92 valence electrons. The summed E-state index contributed by atoms with van der Waals surface area (Å²) in [5.74, 6) is 0. The number of fused-ring (bicyclic) bond motifs is 1. The third-order valence-electron chi connectivity index (χ3n) is 3.14. The molecule has 1 aliphatic rings. The average Bonchev–Trinajstić information content (AvgIpc) is 2.92. The second kappa shape index (κ2) is 5.08. The number of ether oxygens (including phenoxy) is 1. The van der Waals surface area contributed by atoms with Crippen LogP contribution in [0.1, 0.15) is 5.56 Å². The van der Waals surface area contributed by atoms with Gasteiger partial charge in [0.2, 0.25) is 0 Å². The van der Waals surface area contributed by atoms with E-state index in [0.29, 0.717) is 12.6 Å². The predicted molar refractivity (Wildman–Crippen MR) is 73.9 cm³/mol. The Bertz CT molecular complexity index is 572. The van der Waals surface area contributed by atoms with Crippen LogP contribution < -0.4 is 5.32 Å². The Morgan fingerprint density at radius 3 is 2.89 bits per heavy atom. The van der Waals surface area contributed by atoms with E-state index in [0.717, 1.165) is 19.5 Å². The zero-order valence-corrected chi connectivity index (χ0v) is 10.2. The molecule has 2 aromatic rings. The van der Waals surface area contributed by atoms with Crippen LogP contribution in [0.2, 0.25) is 0 Å². The molecule has 0 amide bonds. The summed E-state index contributed by atoms with van der Waals surface area (Å²) in [4.78, 5) is 4.21. The summed E-state index contributed by atoms with van der Waals surface area (Å²) >= 11 is 0. The first-order chi connectivity index (χ1) is 8.93. The van der Waals surface area contributed by atoms with Gasteiger partial charge in [-0.2, -0.15) is 0 Å². The van der Waals surface area contributed by atoms with Gasteiger partial charge in [0.15, 0.2) is 0 Å². The zero-order valence-electron chi connectivity index (χ0n) is 10.2. The van der Waals surface area contributed by atoms with Crippen molar-refractivity contribution >= 4 is 16.8 Å². The van der Waals surface area contributed by atoms with E-state index in [-0.39, 0.29) is 0 Å². The molecule has 0 fully saturated rings. The van der Waals surface area contributed by atoms with Crippen LogP contribution in [0, 0.1) is 0 Å². The summed E-state index contributed by atoms with van der Waals surface area (Å²) < 4.78 is 5.32. The number of rotatable bonds is 3. The van der Waals surface area contributed by atoms with E-state index < -0.39 is 0 Å². The maximum absolute atomic E-state index is 5.32. The predicted octanol–water partition coefficient (Wildman–Crippen LogP) is 2.36. The highest BCUT2D eigenvalue weighted by Gasteiger charge is 2.06. The Labute approximate surface area is 106 Å². The molecule has 0 aliphatic carbocycles. The number of amidine groups is 1. The largest absolute Gasteiger partial charge is 0.463 e. The lowest BCUT2D eigenvalue weighted by molar-refractivity contribution is 0.332. The molecule has 2 aromatic carbocycles. The molecule has 0 radical (unpaired) electrons. The summed E-state index contributed by atoms with van der Waals surface area (Å²) in [7, 11) is 0. The van der Waals surface area contributed by atoms with E-state index >= 15 is 0 Å². The van der Waals surface area contributed by atoms with Gasteiger partial charge in [-0.05, 0) is 22.8 Å². The fourth-order valence-electron chi connectivity index (χ4n) is 2.26. The Morgan fingerprint density at radius 1 is 1.11 bits per heavy atom. The topological polar surface area (TPSA) is 33.6 Å². The van der Waals surface area contributed by atoms with E-state index in [4.69, 9.17) is 4.74 Å². The van der Waals surface area contributed by atoms with E-state index in [1.807, 2.05) is 0 Å². The van der Waals surface area contributed by atoms with Crippen molar-refractivity contribution in [2.75, 3.05) is 19.7 Å². The monoisotopic (exact) mass is 240 g/mol. The van der Waals surface area contributed by atoms with Gasteiger partial charge < -0.3 is 10.1 Å². The van der Waals surface area contributed by atoms with Crippen LogP contribution in [0.25, 0.3) is 10.8 Å². The number of hydrogen-bond donors (Lipinski definition) is 1. The van der Waals surface area contributed by atoms with Gasteiger partial charge in [-0.15, -0.1) is 0 Å². The van der Waals surface area contributed by atoms with E-state index in [9.17, 15) is 0 Å². The Kier molecular flexibility index (Phi) is 3.13. The number of hydrogen-bond acceptors (Lipinski definition) is 3. The third-order valence-corrected chi connectivity index (χ3v) is 3.14. The van der Waals surface area contributed by atoms with Gasteiger partial charge in [-0.3, -0.25) is 0 Å². The van der Waals surface area contributed by atoms with Crippen LogP contribution in [0.15, 0.2) is 47.5 Å². The molecule has 0 saturated carbocycles. The fourth-order valence-corrected chi connectivity index (χ4v) is 2.26. The number of benzene rings is 2. The van der Waals surface area contributed by atoms with Crippen molar-refractivity contribution in [2.45, 2.75) is 6.42 Å². The van der Waals surface area contributed by atoms with Crippen LogP contribution in [0.3, 0.4) is 0 Å². The standard InChI is InChI=1S/C15H16N2O/c1-2-7-14-12(4-1)5-3-6-13(14)8-9-16-15-17-10-11-18-15/h1-7H,8-11H2,(H,16,17). The lowest BCUT2D eigenvalue weighted by Crippen LogP contribution is -2.25. The number of nitrogens with zero attached hydrogens (tertiary/aromatic N) is 1. The molecule has 3 nitrogen and oxygen atoms in total. The van der Waals surface area contributed by atoms with Crippen molar-refractivity contribution in [3.8, 4) is 0 Å². The van der Waals surface area contributed by atoms with E-state index in [2.05, 4.69) is 52.8 Å². The third kappa shape index (κ3) is 2.30. The molecule has 3 rings (SSSR count). The molecular formula is C15H16N2O. The summed E-state index contributed by atoms with van der Waals surface area (Å²) in [6, 6.07) is 15.6. The molecule has 1 aliphatic heterocycles. The molecule has 0 spiro atoms. The highest BCUT2D eigenvalue weighted by molar-refractivity contribution is 5.85. The van der Waals surface area contributed by atoms with Gasteiger partial charge in [0.1, 0.15) is 6.61 Å². The fraction of sp³-hybridized carbons (Fsp3) is 0.267. The number of aliphatic imine (C=N–C) groups is 1. The minimum atomic E-state index is 0.690. The van der Waals surface area contributed by atoms with Gasteiger partial charge in [0.05, 0.1) is 6.54 Å². The van der Waals surface area contributed by atoms with Crippen molar-refractivity contribution in [3.05, 3.63) is 48.0 Å². The Hall–Kier alpha value is -2.03. The second-order valence-corrected chi connectivity index (χ2v) is 4.35. The lowest BCUT2D eigenvalue weighted by atomic mass is 10.0. The smallest absolute Gasteiger partial charge is 0.284 e. The molecule has 3 heteroatoms. The summed E-state index contributed by atoms with van der Waals surface area (Å²) in [5.41, 5.74) is 1.36. The Morgan fingerprint density at radius 2 is 2.00 bits per heavy atom. The van der Waals surface area contributed by atoms with Gasteiger partial charge in [-0.25, -0.2) is 4.99 Å². The molecule has 1 N–H and O–H groups in total. The van der Waals surface area contributed by atoms with Crippen molar-refractivity contribution in [2.24, 2.45) is 4.99 Å². The number of nitrogens with one attached hydrogen (secondary N) is 1. The molecular weight excluding hydrogens is 224 g/mol. The second-order valence-electron chi connectivity index (χ2n) is 4.35. The van der Waals surface area contributed by atoms with Gasteiger partial charge in [-0.1, -0.05) is 42.5 Å². The summed E-state index contributed by atoms with van der Waals surface area (Å²) in [6.07, 6.45) is 0.976. The highest BCUT2D eigenvalue weighted by Crippen LogP contribution is 2.18. The zero-order chi connectivity index (χ0) is 12.2. The maximum Gasteiger partial charge on any atom is 0.284 e. The summed E-state index contributed by atoms with van der Waals surface area (Å²) in [5, 5.41) is 5.85. The normalized spacial score (nSPS) is 14.3. The average molecular weight is 240 g/mol. The molecule has 1 heterocycles. The van der Waals surface area contributed by atoms with Crippen LogP contribution in [-0.4, -0.2) is 25.7 Å². The quantitative estimate of drug-likeness (QED) is 0.893. The minimum Gasteiger partial charge on any atom is -0.463 e. The van der Waals surface area contributed by atoms with Gasteiger partial charge in [0, 0.05) is 6.54 Å². The van der Waals surface area contributed by atoms with Crippen molar-refractivity contribution in [1.82, 2.24) is 5.32 Å². The van der Waals surface area contributed by atoms with Crippen LogP contribution >= 0.6 is 0 Å². The Balaban J connectivity index is 1.70. The molecule has 0 saturated heterocycles.